The predicted octanol–water partition coefficient (Wildman–Crippen LogP) is 3.60. The van der Waals surface area contributed by atoms with Gasteiger partial charge in [0.15, 0.2) is 5.13 Å². The number of aromatic nitrogens is 2. The Bertz CT molecular complexity index is 1180. The highest BCUT2D eigenvalue weighted by Gasteiger charge is 2.38. The van der Waals surface area contributed by atoms with Crippen molar-refractivity contribution in [2.24, 2.45) is 0 Å². The van der Waals surface area contributed by atoms with Crippen molar-refractivity contribution in [3.8, 4) is 0 Å². The van der Waals surface area contributed by atoms with Crippen LogP contribution in [0.1, 0.15) is 37.4 Å². The van der Waals surface area contributed by atoms with E-state index in [1.165, 1.54) is 21.9 Å². The second-order valence-corrected chi connectivity index (χ2v) is 10.7. The van der Waals surface area contributed by atoms with Gasteiger partial charge in [0, 0.05) is 12.7 Å². The Hall–Kier alpha value is -2.36. The molecule has 0 spiro atoms. The van der Waals surface area contributed by atoms with Gasteiger partial charge in [-0.2, -0.15) is 4.31 Å². The molecule has 3 aromatic rings. The number of aryl methyl sites for hydroxylation is 1. The molecule has 7 nitrogen and oxygen atoms in total. The zero-order valence-corrected chi connectivity index (χ0v) is 19.3. The van der Waals surface area contributed by atoms with Crippen LogP contribution in [0.4, 0.5) is 5.13 Å². The van der Waals surface area contributed by atoms with Gasteiger partial charge in [-0.05, 0) is 43.0 Å². The number of carbonyl (C=O) groups excluding carboxylic acids is 1. The van der Waals surface area contributed by atoms with Crippen LogP contribution in [0.25, 0.3) is 10.2 Å². The first-order valence-electron chi connectivity index (χ1n) is 10.4. The van der Waals surface area contributed by atoms with Crippen molar-refractivity contribution in [2.75, 3.05) is 17.7 Å². The molecule has 1 aliphatic heterocycles. The lowest BCUT2D eigenvalue weighted by Gasteiger charge is -2.35. The van der Waals surface area contributed by atoms with Crippen LogP contribution in [0.5, 0.6) is 0 Å². The van der Waals surface area contributed by atoms with Crippen LogP contribution < -0.4 is 4.90 Å². The molecule has 1 atom stereocenters. The fourth-order valence-corrected chi connectivity index (χ4v) is 6.15. The standard InChI is InChI=1S/C22H26N4O3S2/c1-3-16-9-8-12-19-20(16)24-22(30-19)25(15-17-10-4-6-13-23-17)21(27)18-11-5-7-14-26(18)31(2,28)29/h4,6,8-10,12-13,18H,3,5,7,11,14-15H2,1-2H3. The number of sulfonamides is 1. The van der Waals surface area contributed by atoms with E-state index < -0.39 is 16.1 Å². The molecular weight excluding hydrogens is 432 g/mol. The van der Waals surface area contributed by atoms with Gasteiger partial charge in [0.05, 0.1) is 28.7 Å². The molecule has 0 saturated carbocycles. The molecule has 31 heavy (non-hydrogen) atoms. The molecular formula is C22H26N4O3S2. The van der Waals surface area contributed by atoms with Crippen molar-refractivity contribution < 1.29 is 13.2 Å². The molecule has 1 aliphatic rings. The summed E-state index contributed by atoms with van der Waals surface area (Å²) in [5.74, 6) is -0.243. The summed E-state index contributed by atoms with van der Waals surface area (Å²) in [6.07, 6.45) is 5.80. The van der Waals surface area contributed by atoms with E-state index in [4.69, 9.17) is 4.98 Å². The Labute approximate surface area is 186 Å². The fourth-order valence-electron chi connectivity index (χ4n) is 4.02. The van der Waals surface area contributed by atoms with Gasteiger partial charge in [-0.15, -0.1) is 0 Å². The molecule has 1 unspecified atom stereocenters. The number of carbonyl (C=O) groups is 1. The normalized spacial score (nSPS) is 17.7. The molecule has 164 valence electrons. The number of hydrogen-bond acceptors (Lipinski definition) is 6. The monoisotopic (exact) mass is 458 g/mol. The summed E-state index contributed by atoms with van der Waals surface area (Å²) >= 11 is 1.45. The summed E-state index contributed by atoms with van der Waals surface area (Å²) in [5, 5.41) is 0.575. The topological polar surface area (TPSA) is 83.5 Å². The summed E-state index contributed by atoms with van der Waals surface area (Å²) < 4.78 is 27.1. The lowest BCUT2D eigenvalue weighted by Crippen LogP contribution is -2.52. The van der Waals surface area contributed by atoms with E-state index in [9.17, 15) is 13.2 Å². The third-order valence-electron chi connectivity index (χ3n) is 5.58. The minimum Gasteiger partial charge on any atom is -0.281 e. The minimum atomic E-state index is -3.49. The summed E-state index contributed by atoms with van der Waals surface area (Å²) in [4.78, 5) is 24.6. The van der Waals surface area contributed by atoms with Crippen molar-refractivity contribution in [3.63, 3.8) is 0 Å². The van der Waals surface area contributed by atoms with E-state index in [1.54, 1.807) is 11.1 Å². The van der Waals surface area contributed by atoms with E-state index in [2.05, 4.69) is 11.9 Å². The fraction of sp³-hybridized carbons (Fsp3) is 0.409. The first-order valence-corrected chi connectivity index (χ1v) is 13.1. The minimum absolute atomic E-state index is 0.243. The van der Waals surface area contributed by atoms with Gasteiger partial charge in [-0.25, -0.2) is 13.4 Å². The van der Waals surface area contributed by atoms with Gasteiger partial charge in [0.25, 0.3) is 0 Å². The van der Waals surface area contributed by atoms with Crippen LogP contribution in [0.3, 0.4) is 0 Å². The summed E-state index contributed by atoms with van der Waals surface area (Å²) in [6.45, 7) is 2.69. The summed E-state index contributed by atoms with van der Waals surface area (Å²) in [5.41, 5.74) is 2.75. The molecule has 0 bridgehead atoms. The quantitative estimate of drug-likeness (QED) is 0.564. The Morgan fingerprint density at radius 2 is 2.06 bits per heavy atom. The van der Waals surface area contributed by atoms with Crippen molar-refractivity contribution in [2.45, 2.75) is 45.2 Å². The maximum absolute atomic E-state index is 13.8. The number of pyridine rings is 1. The number of nitrogens with zero attached hydrogens (tertiary/aromatic N) is 4. The van der Waals surface area contributed by atoms with Gasteiger partial charge in [0.1, 0.15) is 6.04 Å². The summed E-state index contributed by atoms with van der Waals surface area (Å²) in [7, 11) is -3.49. The van der Waals surface area contributed by atoms with Crippen LogP contribution >= 0.6 is 11.3 Å². The molecule has 1 saturated heterocycles. The molecule has 1 fully saturated rings. The smallest absolute Gasteiger partial charge is 0.247 e. The molecule has 1 aromatic carbocycles. The van der Waals surface area contributed by atoms with E-state index in [1.807, 2.05) is 36.4 Å². The van der Waals surface area contributed by atoms with E-state index in [0.717, 1.165) is 40.7 Å². The first-order chi connectivity index (χ1) is 14.9. The number of fused-ring (bicyclic) bond motifs is 1. The number of anilines is 1. The molecule has 3 heterocycles. The second-order valence-electron chi connectivity index (χ2n) is 7.74. The van der Waals surface area contributed by atoms with E-state index in [0.29, 0.717) is 18.1 Å². The van der Waals surface area contributed by atoms with Crippen molar-refractivity contribution >= 4 is 42.6 Å². The van der Waals surface area contributed by atoms with E-state index in [-0.39, 0.29) is 12.5 Å². The number of benzene rings is 1. The Kier molecular flexibility index (Phi) is 6.36. The molecule has 0 radical (unpaired) electrons. The lowest BCUT2D eigenvalue weighted by atomic mass is 10.0. The van der Waals surface area contributed by atoms with Crippen LogP contribution in [-0.4, -0.2) is 47.4 Å². The van der Waals surface area contributed by atoms with Crippen molar-refractivity contribution in [1.82, 2.24) is 14.3 Å². The van der Waals surface area contributed by atoms with Crippen LogP contribution in [0, 0.1) is 0 Å². The first kappa shape index (κ1) is 21.9. The number of thiazole rings is 1. The van der Waals surface area contributed by atoms with Crippen LogP contribution in [0.15, 0.2) is 42.6 Å². The van der Waals surface area contributed by atoms with Crippen LogP contribution in [0.2, 0.25) is 0 Å². The number of piperidine rings is 1. The number of para-hydroxylation sites is 1. The second kappa shape index (κ2) is 9.02. The molecule has 1 amide bonds. The van der Waals surface area contributed by atoms with Gasteiger partial charge < -0.3 is 0 Å². The third-order valence-corrected chi connectivity index (χ3v) is 7.91. The highest BCUT2D eigenvalue weighted by molar-refractivity contribution is 7.88. The average molecular weight is 459 g/mol. The number of rotatable bonds is 6. The maximum Gasteiger partial charge on any atom is 0.247 e. The van der Waals surface area contributed by atoms with Crippen LogP contribution in [-0.2, 0) is 27.8 Å². The molecule has 0 N–H and O–H groups in total. The zero-order chi connectivity index (χ0) is 22.0. The Balaban J connectivity index is 1.76. The number of amides is 1. The highest BCUT2D eigenvalue weighted by atomic mass is 32.2. The molecule has 2 aromatic heterocycles. The maximum atomic E-state index is 13.8. The predicted molar refractivity (Wildman–Crippen MR) is 124 cm³/mol. The average Bonchev–Trinajstić information content (AvgIpc) is 3.21. The highest BCUT2D eigenvalue weighted by Crippen LogP contribution is 2.33. The molecule has 4 rings (SSSR count). The van der Waals surface area contributed by atoms with Gasteiger partial charge in [-0.1, -0.05) is 42.9 Å². The molecule has 0 aliphatic carbocycles. The zero-order valence-electron chi connectivity index (χ0n) is 17.7. The van der Waals surface area contributed by atoms with Crippen molar-refractivity contribution in [3.05, 3.63) is 53.9 Å². The van der Waals surface area contributed by atoms with Gasteiger partial charge in [0.2, 0.25) is 15.9 Å². The van der Waals surface area contributed by atoms with E-state index >= 15 is 0 Å². The van der Waals surface area contributed by atoms with Gasteiger partial charge >= 0.3 is 0 Å². The largest absolute Gasteiger partial charge is 0.281 e. The summed E-state index contributed by atoms with van der Waals surface area (Å²) in [6, 6.07) is 10.9. The SMILES string of the molecule is CCc1cccc2sc(N(Cc3ccccn3)C(=O)C3CCCCN3S(C)(=O)=O)nc12. The number of hydrogen-bond donors (Lipinski definition) is 0. The lowest BCUT2D eigenvalue weighted by molar-refractivity contribution is -0.123. The molecule has 9 heteroatoms. The Morgan fingerprint density at radius 1 is 1.23 bits per heavy atom. The Morgan fingerprint density at radius 3 is 2.77 bits per heavy atom. The third kappa shape index (κ3) is 4.63. The van der Waals surface area contributed by atoms with Crippen molar-refractivity contribution in [1.29, 1.82) is 0 Å². The van der Waals surface area contributed by atoms with Gasteiger partial charge in [-0.3, -0.25) is 14.7 Å².